The number of anilines is 9. The minimum absolute atomic E-state index is 0.0104. The smallest absolute Gasteiger partial charge is 0.264 e. The maximum Gasteiger partial charge on any atom is 0.264 e. The highest BCUT2D eigenvalue weighted by Crippen LogP contribution is 2.70. The fraction of sp³-hybridized carbons (Fsp3) is 0.295. The van der Waals surface area contributed by atoms with Gasteiger partial charge in [-0.25, -0.2) is 0 Å². The number of benzene rings is 10. The Kier molecular flexibility index (Phi) is 12.0. The van der Waals surface area contributed by atoms with Crippen LogP contribution in [0.3, 0.4) is 0 Å². The van der Waals surface area contributed by atoms with Crippen LogP contribution < -0.4 is 30.4 Å². The van der Waals surface area contributed by atoms with Crippen molar-refractivity contribution in [3.8, 4) is 22.3 Å². The minimum atomic E-state index is -0.223. The van der Waals surface area contributed by atoms with Crippen LogP contribution in [0.5, 0.6) is 0 Å². The van der Waals surface area contributed by atoms with Crippen molar-refractivity contribution in [2.75, 3.05) is 14.7 Å². The molecule has 1 spiro atoms. The largest absolute Gasteiger partial charge is 0.454 e. The van der Waals surface area contributed by atoms with Crippen LogP contribution in [0.25, 0.3) is 54.3 Å². The minimum Gasteiger partial charge on any atom is -0.454 e. The van der Waals surface area contributed by atoms with Gasteiger partial charge in [0.1, 0.15) is 5.58 Å². The third-order valence-corrected chi connectivity index (χ3v) is 25.6. The van der Waals surface area contributed by atoms with Gasteiger partial charge < -0.3 is 19.1 Å². The Bertz CT molecular complexity index is 5140. The molecule has 0 saturated heterocycles. The van der Waals surface area contributed by atoms with E-state index >= 15 is 0 Å². The fourth-order valence-electron chi connectivity index (χ4n) is 19.9. The Balaban J connectivity index is 0.920. The molecule has 0 amide bonds. The van der Waals surface area contributed by atoms with Crippen LogP contribution in [-0.4, -0.2) is 6.71 Å². The summed E-state index contributed by atoms with van der Waals surface area (Å²) in [7, 11) is 0. The summed E-state index contributed by atoms with van der Waals surface area (Å²) in [5, 5.41) is 3.62. The number of hydrogen-bond acceptors (Lipinski definition) is 5. The highest BCUT2D eigenvalue weighted by Gasteiger charge is 2.62. The molecule has 8 aliphatic rings. The average Bonchev–Trinajstić information content (AvgIpc) is 1.40. The van der Waals surface area contributed by atoms with Crippen LogP contribution in [0.15, 0.2) is 211 Å². The maximum atomic E-state index is 7.25. The van der Waals surface area contributed by atoms with E-state index in [2.05, 4.69) is 302 Å². The number of rotatable bonds is 6. The third-order valence-electron chi connectivity index (χ3n) is 24.4. The summed E-state index contributed by atoms with van der Waals surface area (Å²) in [6, 6.07) is 80.4. The Morgan fingerprint density at radius 3 is 1.84 bits per heavy atom. The highest BCUT2D eigenvalue weighted by atomic mass is 32.1. The number of thiophene rings is 1. The van der Waals surface area contributed by atoms with E-state index in [9.17, 15) is 0 Å². The first-order valence-corrected chi connectivity index (χ1v) is 35.9. The van der Waals surface area contributed by atoms with Crippen LogP contribution in [0, 0.1) is 23.7 Å². The van der Waals surface area contributed by atoms with Crippen molar-refractivity contribution in [3.63, 3.8) is 0 Å². The molecule has 2 aromatic heterocycles. The summed E-state index contributed by atoms with van der Waals surface area (Å²) in [5.41, 5.74) is 29.0. The van der Waals surface area contributed by atoms with Gasteiger partial charge in [-0.3, -0.25) is 0 Å². The third kappa shape index (κ3) is 8.05. The second-order valence-corrected chi connectivity index (χ2v) is 33.8. The molecule has 0 radical (unpaired) electrons. The highest BCUT2D eigenvalue weighted by molar-refractivity contribution is 7.33. The lowest BCUT2D eigenvalue weighted by atomic mass is 9.36. The van der Waals surface area contributed by atoms with Crippen molar-refractivity contribution < 1.29 is 4.42 Å². The van der Waals surface area contributed by atoms with Gasteiger partial charge in [-0.2, -0.15) is 0 Å². The van der Waals surface area contributed by atoms with Crippen molar-refractivity contribution in [2.24, 2.45) is 23.7 Å². The Morgan fingerprint density at radius 1 is 0.479 bits per heavy atom. The monoisotopic (exact) mass is 1240 g/mol. The molecule has 0 atom stereocenters. The van der Waals surface area contributed by atoms with E-state index in [0.717, 1.165) is 68.6 Å². The van der Waals surface area contributed by atoms with Crippen LogP contribution in [0.2, 0.25) is 0 Å². The SMILES string of the molecule is CC(C)(C)c1ccc(N(c2ccc3c(c2)N(c2cccc4c2oc2ccccc24)c2cc(C(C)(C)C)cc4c2B3c2sc3cc5c(cc3c2N4c2ccc3c(c2)C2(c4ccccc4-3)C3CC4CC(C3)CC2C4)C(C)(C)CCC5(C)C)c2ccccc2-c2ccccc2)cc1. The predicted molar refractivity (Wildman–Crippen MR) is 399 cm³/mol. The van der Waals surface area contributed by atoms with Gasteiger partial charge in [0.05, 0.1) is 17.1 Å². The molecule has 12 aromatic rings. The summed E-state index contributed by atoms with van der Waals surface area (Å²) in [5.74, 6) is 3.03. The number of fused-ring (bicyclic) bond motifs is 13. The summed E-state index contributed by atoms with van der Waals surface area (Å²) >= 11 is 2.06. The van der Waals surface area contributed by atoms with Gasteiger partial charge in [-0.1, -0.05) is 197 Å². The van der Waals surface area contributed by atoms with Crippen molar-refractivity contribution in [1.29, 1.82) is 0 Å². The van der Waals surface area contributed by atoms with E-state index in [1.807, 2.05) is 0 Å². The summed E-state index contributed by atoms with van der Waals surface area (Å²) in [4.78, 5) is 7.98. The lowest BCUT2D eigenvalue weighted by Gasteiger charge is -2.61. The Morgan fingerprint density at radius 2 is 1.11 bits per heavy atom. The molecule has 2 aliphatic heterocycles. The molecule has 6 heteroatoms. The predicted octanol–water partition coefficient (Wildman–Crippen LogP) is 22.7. The molecule has 94 heavy (non-hydrogen) atoms. The zero-order valence-corrected chi connectivity index (χ0v) is 56.9. The first-order valence-electron chi connectivity index (χ1n) is 35.1. The average molecular weight is 1240 g/mol. The second kappa shape index (κ2) is 19.8. The molecule has 4 nitrogen and oxygen atoms in total. The normalized spacial score (nSPS) is 21.6. The summed E-state index contributed by atoms with van der Waals surface area (Å²) in [6.45, 7) is 24.1. The molecule has 0 unspecified atom stereocenters. The van der Waals surface area contributed by atoms with Gasteiger partial charge in [-0.05, 0) is 230 Å². The number of furan rings is 1. The molecule has 4 fully saturated rings. The van der Waals surface area contributed by atoms with E-state index < -0.39 is 0 Å². The molecule has 20 rings (SSSR count). The lowest BCUT2D eigenvalue weighted by molar-refractivity contribution is -0.0399. The van der Waals surface area contributed by atoms with E-state index in [4.69, 9.17) is 4.42 Å². The molecular formula is C88H82BN3OS. The second-order valence-electron chi connectivity index (χ2n) is 32.7. The van der Waals surface area contributed by atoms with Gasteiger partial charge >= 0.3 is 0 Å². The van der Waals surface area contributed by atoms with E-state index in [1.54, 1.807) is 11.1 Å². The Labute approximate surface area is 559 Å². The van der Waals surface area contributed by atoms with E-state index in [-0.39, 0.29) is 33.8 Å². The van der Waals surface area contributed by atoms with Crippen molar-refractivity contribution in [1.82, 2.24) is 0 Å². The number of nitrogens with zero attached hydrogens (tertiary/aromatic N) is 3. The fourth-order valence-corrected chi connectivity index (χ4v) is 21.2. The molecule has 4 heterocycles. The van der Waals surface area contributed by atoms with Crippen LogP contribution in [0.4, 0.5) is 51.2 Å². The van der Waals surface area contributed by atoms with Crippen molar-refractivity contribution in [3.05, 3.63) is 240 Å². The number of para-hydroxylation sites is 3. The van der Waals surface area contributed by atoms with Gasteiger partial charge in [0.2, 0.25) is 0 Å². The maximum absolute atomic E-state index is 7.25. The quantitative estimate of drug-likeness (QED) is 0.155. The number of hydrogen-bond donors (Lipinski definition) is 0. The first-order chi connectivity index (χ1) is 45.3. The lowest BCUT2D eigenvalue weighted by Crippen LogP contribution is -2.60. The van der Waals surface area contributed by atoms with E-state index in [0.29, 0.717) is 11.8 Å². The van der Waals surface area contributed by atoms with Gasteiger partial charge in [0, 0.05) is 70.7 Å². The van der Waals surface area contributed by atoms with Crippen LogP contribution in [0.1, 0.15) is 148 Å². The van der Waals surface area contributed by atoms with Crippen molar-refractivity contribution >= 4 is 117 Å². The summed E-state index contributed by atoms with van der Waals surface area (Å²) in [6.07, 6.45) is 9.17. The zero-order valence-electron chi connectivity index (χ0n) is 56.1. The van der Waals surface area contributed by atoms with Gasteiger partial charge in [0.25, 0.3) is 6.71 Å². The van der Waals surface area contributed by atoms with Gasteiger partial charge in [0.15, 0.2) is 5.58 Å². The van der Waals surface area contributed by atoms with E-state index in [1.165, 1.54) is 132 Å². The molecular weight excluding hydrogens is 1160 g/mol. The van der Waals surface area contributed by atoms with Crippen LogP contribution in [-0.2, 0) is 27.1 Å². The molecule has 4 saturated carbocycles. The van der Waals surface area contributed by atoms with Crippen LogP contribution >= 0.6 is 11.3 Å². The molecule has 4 bridgehead atoms. The standard InChI is InChI=1S/C88H82BN3OS/c1-84(2,3)55-31-33-59(34-32-55)90(73-28-18-15-23-62(73)54-21-12-11-13-22-54)61-36-38-72-75(49-61)92(74-29-20-26-66-65-25-16-19-30-78(65)93-82(66)74)77-47-56(85(4,5)6)46-76-80(77)89(72)83-81(67-50-70-71(51-79(67)94-83)87(9,10)40-39-86(70,7)8)91(76)60-35-37-64-63-24-14-17-27-68(63)88(69(64)48-60)57-42-52-41-53(44-57)45-58(88)43-52/h11-38,46-53,57-58H,39-45H2,1-10H3. The molecule has 0 N–H and O–H groups in total. The topological polar surface area (TPSA) is 22.9 Å². The van der Waals surface area contributed by atoms with Crippen molar-refractivity contribution in [2.45, 2.75) is 141 Å². The van der Waals surface area contributed by atoms with Gasteiger partial charge in [-0.15, -0.1) is 11.3 Å². The summed E-state index contributed by atoms with van der Waals surface area (Å²) < 4.78 is 10.0. The molecule has 6 aliphatic carbocycles. The molecule has 10 aromatic carbocycles. The zero-order chi connectivity index (χ0) is 63.7. The Hall–Kier alpha value is -8.58. The molecule has 464 valence electrons. The first kappa shape index (κ1) is 56.9.